The summed E-state index contributed by atoms with van der Waals surface area (Å²) in [6, 6.07) is 5.67. The van der Waals surface area contributed by atoms with Gasteiger partial charge in [-0.25, -0.2) is 4.39 Å². The summed E-state index contributed by atoms with van der Waals surface area (Å²) in [6.45, 7) is 2.23. The summed E-state index contributed by atoms with van der Waals surface area (Å²) in [5, 5.41) is 3.38. The maximum Gasteiger partial charge on any atom is 0.127 e. The largest absolute Gasteiger partial charge is 0.381 e. The van der Waals surface area contributed by atoms with E-state index in [1.807, 2.05) is 6.07 Å². The molecular weight excluding hydrogens is 320 g/mol. The Morgan fingerprint density at radius 1 is 1.38 bits per heavy atom. The summed E-state index contributed by atoms with van der Waals surface area (Å²) < 4.78 is 19.8. The summed E-state index contributed by atoms with van der Waals surface area (Å²) in [7, 11) is 0. The minimum absolute atomic E-state index is 0.125. The molecule has 2 rings (SSSR count). The van der Waals surface area contributed by atoms with E-state index in [1.54, 1.807) is 6.07 Å². The molecular formula is C12H15FINO. The Morgan fingerprint density at radius 2 is 2.12 bits per heavy atom. The number of rotatable bonds is 3. The molecule has 2 nitrogen and oxygen atoms in total. The van der Waals surface area contributed by atoms with Crippen molar-refractivity contribution in [1.82, 2.24) is 5.32 Å². The average Bonchev–Trinajstić information content (AvgIpc) is 2.32. The van der Waals surface area contributed by atoms with Crippen molar-refractivity contribution < 1.29 is 9.13 Å². The summed E-state index contributed by atoms with van der Waals surface area (Å²) in [6.07, 6.45) is 2.04. The number of halogens is 2. The van der Waals surface area contributed by atoms with Gasteiger partial charge in [0.25, 0.3) is 0 Å². The van der Waals surface area contributed by atoms with Crippen molar-refractivity contribution in [3.05, 3.63) is 33.1 Å². The van der Waals surface area contributed by atoms with Gasteiger partial charge in [0, 0.05) is 34.9 Å². The van der Waals surface area contributed by atoms with E-state index in [0.717, 1.165) is 35.2 Å². The first kappa shape index (κ1) is 12.3. The molecule has 0 spiro atoms. The Hall–Kier alpha value is -0.200. The zero-order valence-electron chi connectivity index (χ0n) is 9.01. The molecule has 0 bridgehead atoms. The minimum atomic E-state index is -0.125. The van der Waals surface area contributed by atoms with Crippen molar-refractivity contribution in [3.63, 3.8) is 0 Å². The van der Waals surface area contributed by atoms with Crippen LogP contribution in [0.15, 0.2) is 18.2 Å². The molecule has 0 saturated carbocycles. The fourth-order valence-electron chi connectivity index (χ4n) is 1.83. The molecule has 1 aliphatic heterocycles. The smallest absolute Gasteiger partial charge is 0.127 e. The lowest BCUT2D eigenvalue weighted by Crippen LogP contribution is -2.34. The second-order valence-electron chi connectivity index (χ2n) is 4.00. The molecule has 0 amide bonds. The Kier molecular flexibility index (Phi) is 4.55. The lowest BCUT2D eigenvalue weighted by Gasteiger charge is -2.23. The number of benzene rings is 1. The van der Waals surface area contributed by atoms with E-state index in [-0.39, 0.29) is 5.82 Å². The number of hydrogen-bond donors (Lipinski definition) is 1. The molecule has 1 aromatic carbocycles. The molecule has 0 radical (unpaired) electrons. The first-order valence-electron chi connectivity index (χ1n) is 5.51. The molecule has 0 atom stereocenters. The van der Waals surface area contributed by atoms with Gasteiger partial charge in [-0.05, 0) is 53.6 Å². The van der Waals surface area contributed by atoms with Gasteiger partial charge in [0.05, 0.1) is 0 Å². The number of hydrogen-bond acceptors (Lipinski definition) is 2. The number of ether oxygens (including phenoxy) is 1. The molecule has 4 heteroatoms. The van der Waals surface area contributed by atoms with E-state index < -0.39 is 0 Å². The monoisotopic (exact) mass is 335 g/mol. The van der Waals surface area contributed by atoms with Crippen LogP contribution in [-0.4, -0.2) is 19.3 Å². The van der Waals surface area contributed by atoms with E-state index in [4.69, 9.17) is 4.74 Å². The molecule has 0 aromatic heterocycles. The SMILES string of the molecule is Fc1ccc(I)cc1CNC1CCOCC1. The summed E-state index contributed by atoms with van der Waals surface area (Å²) in [5.74, 6) is -0.125. The summed E-state index contributed by atoms with van der Waals surface area (Å²) in [5.41, 5.74) is 0.749. The Labute approximate surface area is 109 Å². The second-order valence-corrected chi connectivity index (χ2v) is 5.25. The van der Waals surface area contributed by atoms with Gasteiger partial charge in [0.2, 0.25) is 0 Å². The molecule has 0 aliphatic carbocycles. The Balaban J connectivity index is 1.90. The highest BCUT2D eigenvalue weighted by Gasteiger charge is 2.13. The third-order valence-corrected chi connectivity index (χ3v) is 3.48. The quantitative estimate of drug-likeness (QED) is 0.858. The fourth-order valence-corrected chi connectivity index (χ4v) is 2.39. The molecule has 1 aromatic rings. The third kappa shape index (κ3) is 3.40. The van der Waals surface area contributed by atoms with E-state index >= 15 is 0 Å². The minimum Gasteiger partial charge on any atom is -0.381 e. The van der Waals surface area contributed by atoms with Crippen molar-refractivity contribution in [3.8, 4) is 0 Å². The van der Waals surface area contributed by atoms with Crippen LogP contribution in [0.25, 0.3) is 0 Å². The van der Waals surface area contributed by atoms with Gasteiger partial charge in [-0.2, -0.15) is 0 Å². The van der Waals surface area contributed by atoms with Crippen molar-refractivity contribution in [1.29, 1.82) is 0 Å². The van der Waals surface area contributed by atoms with Crippen LogP contribution in [0.1, 0.15) is 18.4 Å². The van der Waals surface area contributed by atoms with Crippen LogP contribution in [-0.2, 0) is 11.3 Å². The number of nitrogens with one attached hydrogen (secondary N) is 1. The van der Waals surface area contributed by atoms with E-state index in [9.17, 15) is 4.39 Å². The normalized spacial score (nSPS) is 17.6. The lowest BCUT2D eigenvalue weighted by atomic mass is 10.1. The van der Waals surface area contributed by atoms with E-state index in [1.165, 1.54) is 6.07 Å². The third-order valence-electron chi connectivity index (χ3n) is 2.81. The lowest BCUT2D eigenvalue weighted by molar-refractivity contribution is 0.0775. The Bertz CT molecular complexity index is 353. The maximum absolute atomic E-state index is 13.5. The van der Waals surface area contributed by atoms with Crippen molar-refractivity contribution in [2.45, 2.75) is 25.4 Å². The molecule has 0 unspecified atom stereocenters. The predicted molar refractivity (Wildman–Crippen MR) is 69.8 cm³/mol. The molecule has 1 heterocycles. The van der Waals surface area contributed by atoms with Gasteiger partial charge in [0.15, 0.2) is 0 Å². The average molecular weight is 335 g/mol. The van der Waals surface area contributed by atoms with Crippen molar-refractivity contribution in [2.75, 3.05) is 13.2 Å². The Morgan fingerprint density at radius 3 is 2.88 bits per heavy atom. The second kappa shape index (κ2) is 5.93. The highest BCUT2D eigenvalue weighted by molar-refractivity contribution is 14.1. The first-order valence-corrected chi connectivity index (χ1v) is 6.58. The van der Waals surface area contributed by atoms with Crippen LogP contribution in [0, 0.1) is 9.39 Å². The van der Waals surface area contributed by atoms with Crippen LogP contribution in [0.4, 0.5) is 4.39 Å². The molecule has 1 saturated heterocycles. The first-order chi connectivity index (χ1) is 7.75. The van der Waals surface area contributed by atoms with Gasteiger partial charge < -0.3 is 10.1 Å². The van der Waals surface area contributed by atoms with Crippen molar-refractivity contribution in [2.24, 2.45) is 0 Å². The van der Waals surface area contributed by atoms with Gasteiger partial charge in [-0.15, -0.1) is 0 Å². The van der Waals surface area contributed by atoms with E-state index in [2.05, 4.69) is 27.9 Å². The standard InChI is InChI=1S/C12H15FINO/c13-12-2-1-10(14)7-9(12)8-15-11-3-5-16-6-4-11/h1-2,7,11,15H,3-6,8H2. The maximum atomic E-state index is 13.5. The van der Waals surface area contributed by atoms with E-state index in [0.29, 0.717) is 12.6 Å². The fraction of sp³-hybridized carbons (Fsp3) is 0.500. The summed E-state index contributed by atoms with van der Waals surface area (Å²) in [4.78, 5) is 0. The molecule has 1 N–H and O–H groups in total. The molecule has 1 fully saturated rings. The molecule has 1 aliphatic rings. The van der Waals surface area contributed by atoms with Gasteiger partial charge >= 0.3 is 0 Å². The van der Waals surface area contributed by atoms with Gasteiger partial charge in [-0.1, -0.05) is 0 Å². The van der Waals surface area contributed by atoms with Crippen LogP contribution >= 0.6 is 22.6 Å². The van der Waals surface area contributed by atoms with Crippen LogP contribution in [0.3, 0.4) is 0 Å². The molecule has 88 valence electrons. The topological polar surface area (TPSA) is 21.3 Å². The predicted octanol–water partition coefficient (Wildman–Crippen LogP) is 2.70. The van der Waals surface area contributed by atoms with Crippen molar-refractivity contribution >= 4 is 22.6 Å². The van der Waals surface area contributed by atoms with Gasteiger partial charge in [-0.3, -0.25) is 0 Å². The highest BCUT2D eigenvalue weighted by atomic mass is 127. The molecule has 16 heavy (non-hydrogen) atoms. The highest BCUT2D eigenvalue weighted by Crippen LogP contribution is 2.13. The van der Waals surface area contributed by atoms with Crippen LogP contribution in [0.5, 0.6) is 0 Å². The summed E-state index contributed by atoms with van der Waals surface area (Å²) >= 11 is 2.20. The van der Waals surface area contributed by atoms with Crippen LogP contribution in [0.2, 0.25) is 0 Å². The zero-order chi connectivity index (χ0) is 11.4. The van der Waals surface area contributed by atoms with Crippen LogP contribution < -0.4 is 5.32 Å². The van der Waals surface area contributed by atoms with Gasteiger partial charge in [0.1, 0.15) is 5.82 Å². The zero-order valence-corrected chi connectivity index (χ0v) is 11.2.